The number of hydrogen-bond acceptors (Lipinski definition) is 3. The van der Waals surface area contributed by atoms with Crippen LogP contribution in [-0.4, -0.2) is 16.1 Å². The van der Waals surface area contributed by atoms with Crippen LogP contribution in [0.5, 0.6) is 11.6 Å². The topological polar surface area (TPSA) is 59.4 Å². The van der Waals surface area contributed by atoms with Crippen LogP contribution in [0.1, 0.15) is 27.0 Å². The van der Waals surface area contributed by atoms with E-state index in [-0.39, 0.29) is 5.56 Å². The number of aryl methyl sites for hydroxylation is 3. The number of benzene rings is 1. The molecule has 19 heavy (non-hydrogen) atoms. The van der Waals surface area contributed by atoms with Crippen LogP contribution in [0.2, 0.25) is 0 Å². The lowest BCUT2D eigenvalue weighted by Gasteiger charge is -2.11. The minimum absolute atomic E-state index is 0.158. The molecule has 4 nitrogen and oxygen atoms in total. The Bertz CT molecular complexity index is 635. The van der Waals surface area contributed by atoms with Gasteiger partial charge in [-0.15, -0.1) is 0 Å². The van der Waals surface area contributed by atoms with Crippen molar-refractivity contribution in [3.8, 4) is 11.6 Å². The predicted octanol–water partition coefficient (Wildman–Crippen LogP) is 3.50. The first-order valence-corrected chi connectivity index (χ1v) is 5.92. The first-order valence-electron chi connectivity index (χ1n) is 5.92. The molecule has 2 aromatic rings. The first kappa shape index (κ1) is 13.1. The smallest absolute Gasteiger partial charge is 0.337 e. The van der Waals surface area contributed by atoms with E-state index in [0.717, 1.165) is 16.9 Å². The third kappa shape index (κ3) is 2.91. The number of nitrogens with zero attached hydrogens (tertiary/aromatic N) is 1. The van der Waals surface area contributed by atoms with Crippen molar-refractivity contribution >= 4 is 5.97 Å². The molecule has 1 aromatic carbocycles. The van der Waals surface area contributed by atoms with Gasteiger partial charge in [-0.2, -0.15) is 0 Å². The molecule has 0 amide bonds. The van der Waals surface area contributed by atoms with E-state index in [2.05, 4.69) is 4.98 Å². The van der Waals surface area contributed by atoms with E-state index < -0.39 is 5.97 Å². The normalized spacial score (nSPS) is 10.3. The van der Waals surface area contributed by atoms with Crippen LogP contribution in [-0.2, 0) is 0 Å². The van der Waals surface area contributed by atoms with Crippen molar-refractivity contribution < 1.29 is 14.6 Å². The van der Waals surface area contributed by atoms with Gasteiger partial charge in [0.2, 0.25) is 5.88 Å². The van der Waals surface area contributed by atoms with Crippen LogP contribution in [0.4, 0.5) is 0 Å². The summed E-state index contributed by atoms with van der Waals surface area (Å²) in [6.07, 6.45) is 1.30. The van der Waals surface area contributed by atoms with Gasteiger partial charge in [0.05, 0.1) is 5.56 Å². The van der Waals surface area contributed by atoms with Crippen LogP contribution < -0.4 is 4.74 Å². The Morgan fingerprint density at radius 3 is 2.53 bits per heavy atom. The maximum Gasteiger partial charge on any atom is 0.337 e. The van der Waals surface area contributed by atoms with Gasteiger partial charge < -0.3 is 9.84 Å². The Kier molecular flexibility index (Phi) is 3.51. The Balaban J connectivity index is 2.33. The Hall–Kier alpha value is -2.36. The fraction of sp³-hybridized carbons (Fsp3) is 0.200. The predicted molar refractivity (Wildman–Crippen MR) is 71.9 cm³/mol. The molecule has 0 aliphatic carbocycles. The van der Waals surface area contributed by atoms with Gasteiger partial charge >= 0.3 is 5.97 Å². The highest BCUT2D eigenvalue weighted by molar-refractivity contribution is 5.87. The van der Waals surface area contributed by atoms with Gasteiger partial charge in [0.1, 0.15) is 5.75 Å². The van der Waals surface area contributed by atoms with Crippen LogP contribution in [0.15, 0.2) is 30.5 Å². The molecule has 0 saturated heterocycles. The molecule has 0 unspecified atom stereocenters. The summed E-state index contributed by atoms with van der Waals surface area (Å²) in [5, 5.41) is 8.89. The second-order valence-electron chi connectivity index (χ2n) is 4.52. The van der Waals surface area contributed by atoms with Crippen molar-refractivity contribution in [1.29, 1.82) is 0 Å². The van der Waals surface area contributed by atoms with Crippen LogP contribution in [0, 0.1) is 20.8 Å². The average molecular weight is 257 g/mol. The quantitative estimate of drug-likeness (QED) is 0.914. The molecular weight excluding hydrogens is 242 g/mol. The van der Waals surface area contributed by atoms with E-state index in [1.807, 2.05) is 32.0 Å². The molecule has 4 heteroatoms. The van der Waals surface area contributed by atoms with Gasteiger partial charge in [0.15, 0.2) is 0 Å². The second kappa shape index (κ2) is 5.10. The number of carbonyl (C=O) groups is 1. The summed E-state index contributed by atoms with van der Waals surface area (Å²) in [5.74, 6) is 0.172. The lowest BCUT2D eigenvalue weighted by atomic mass is 10.1. The molecule has 0 radical (unpaired) electrons. The molecular formula is C15H15NO3. The first-order chi connectivity index (χ1) is 8.97. The molecule has 1 N–H and O–H groups in total. The standard InChI is InChI=1S/C15H15NO3/c1-9-4-5-10(2)13(6-9)19-14-11(3)7-12(8-16-14)15(17)18/h4-8H,1-3H3,(H,17,18). The van der Waals surface area contributed by atoms with Crippen molar-refractivity contribution in [3.05, 3.63) is 52.7 Å². The molecule has 0 spiro atoms. The van der Waals surface area contributed by atoms with Gasteiger partial charge in [-0.05, 0) is 44.0 Å². The summed E-state index contributed by atoms with van der Waals surface area (Å²) in [6, 6.07) is 7.47. The molecule has 98 valence electrons. The minimum atomic E-state index is -0.992. The Labute approximate surface area is 111 Å². The lowest BCUT2D eigenvalue weighted by molar-refractivity contribution is 0.0696. The van der Waals surface area contributed by atoms with Crippen LogP contribution in [0.25, 0.3) is 0 Å². The van der Waals surface area contributed by atoms with Crippen molar-refractivity contribution in [2.24, 2.45) is 0 Å². The molecule has 1 heterocycles. The Morgan fingerprint density at radius 1 is 1.16 bits per heavy atom. The van der Waals surface area contributed by atoms with Crippen LogP contribution >= 0.6 is 0 Å². The number of carboxylic acid groups (broad SMARTS) is 1. The number of pyridine rings is 1. The van der Waals surface area contributed by atoms with Gasteiger partial charge in [0.25, 0.3) is 0 Å². The second-order valence-corrected chi connectivity index (χ2v) is 4.52. The summed E-state index contributed by atoms with van der Waals surface area (Å²) < 4.78 is 5.75. The van der Waals surface area contributed by atoms with E-state index >= 15 is 0 Å². The fourth-order valence-electron chi connectivity index (χ4n) is 1.71. The molecule has 0 saturated carbocycles. The van der Waals surface area contributed by atoms with Gasteiger partial charge in [-0.1, -0.05) is 12.1 Å². The maximum absolute atomic E-state index is 10.8. The van der Waals surface area contributed by atoms with Gasteiger partial charge in [-0.3, -0.25) is 0 Å². The molecule has 0 atom stereocenters. The van der Waals surface area contributed by atoms with E-state index in [1.54, 1.807) is 13.0 Å². The number of rotatable bonds is 3. The highest BCUT2D eigenvalue weighted by Crippen LogP contribution is 2.27. The van der Waals surface area contributed by atoms with Gasteiger partial charge in [-0.25, -0.2) is 9.78 Å². The molecule has 2 rings (SSSR count). The summed E-state index contributed by atoms with van der Waals surface area (Å²) in [5.41, 5.74) is 2.96. The highest BCUT2D eigenvalue weighted by Gasteiger charge is 2.10. The van der Waals surface area contributed by atoms with E-state index in [0.29, 0.717) is 11.4 Å². The van der Waals surface area contributed by atoms with Crippen molar-refractivity contribution in [2.75, 3.05) is 0 Å². The Morgan fingerprint density at radius 2 is 1.89 bits per heavy atom. The molecule has 0 bridgehead atoms. The molecule has 0 fully saturated rings. The number of aromatic carboxylic acids is 1. The van der Waals surface area contributed by atoms with E-state index in [9.17, 15) is 4.79 Å². The fourth-order valence-corrected chi connectivity index (χ4v) is 1.71. The van der Waals surface area contributed by atoms with Crippen molar-refractivity contribution in [2.45, 2.75) is 20.8 Å². The lowest BCUT2D eigenvalue weighted by Crippen LogP contribution is -2.00. The number of aromatic nitrogens is 1. The SMILES string of the molecule is Cc1ccc(C)c(Oc2ncc(C(=O)O)cc2C)c1. The van der Waals surface area contributed by atoms with E-state index in [4.69, 9.17) is 9.84 Å². The summed E-state index contributed by atoms with van der Waals surface area (Å²) in [6.45, 7) is 5.72. The van der Waals surface area contributed by atoms with Crippen molar-refractivity contribution in [3.63, 3.8) is 0 Å². The number of ether oxygens (including phenoxy) is 1. The highest BCUT2D eigenvalue weighted by atomic mass is 16.5. The zero-order valence-electron chi connectivity index (χ0n) is 11.1. The largest absolute Gasteiger partial charge is 0.478 e. The minimum Gasteiger partial charge on any atom is -0.478 e. The maximum atomic E-state index is 10.8. The average Bonchev–Trinajstić information content (AvgIpc) is 2.36. The summed E-state index contributed by atoms with van der Waals surface area (Å²) in [7, 11) is 0. The monoisotopic (exact) mass is 257 g/mol. The molecule has 1 aromatic heterocycles. The number of carboxylic acids is 1. The summed E-state index contributed by atoms with van der Waals surface area (Å²) >= 11 is 0. The number of hydrogen-bond donors (Lipinski definition) is 1. The van der Waals surface area contributed by atoms with Crippen LogP contribution in [0.3, 0.4) is 0 Å². The molecule has 0 aliphatic rings. The molecule has 0 aliphatic heterocycles. The van der Waals surface area contributed by atoms with Crippen molar-refractivity contribution in [1.82, 2.24) is 4.98 Å². The zero-order valence-corrected chi connectivity index (χ0v) is 11.1. The third-order valence-electron chi connectivity index (χ3n) is 2.83. The van der Waals surface area contributed by atoms with Gasteiger partial charge in [0, 0.05) is 11.8 Å². The zero-order chi connectivity index (χ0) is 14.0. The summed E-state index contributed by atoms with van der Waals surface area (Å²) in [4.78, 5) is 14.9. The van der Waals surface area contributed by atoms with E-state index in [1.165, 1.54) is 6.20 Å². The third-order valence-corrected chi connectivity index (χ3v) is 2.83.